The van der Waals surface area contributed by atoms with Gasteiger partial charge in [-0.1, -0.05) is 142 Å². The first-order chi connectivity index (χ1) is 38.3. The van der Waals surface area contributed by atoms with Crippen LogP contribution in [0.25, 0.3) is 0 Å². The van der Waals surface area contributed by atoms with Crippen LogP contribution in [0.3, 0.4) is 0 Å². The number of carbonyl (C=O) groups excluding carboxylic acids is 1. The lowest BCUT2D eigenvalue weighted by Gasteiger charge is -2.48. The number of allylic oxidation sites excluding steroid dienone is 19. The van der Waals surface area contributed by atoms with E-state index in [2.05, 4.69) is 116 Å². The normalized spacial score (nSPS) is 31.2. The molecular weight excluding hydrogens is 1020 g/mol. The minimum absolute atomic E-state index is 0.143. The smallest absolute Gasteiger partial charge is 0.220 e. The highest BCUT2D eigenvalue weighted by molar-refractivity contribution is 5.76. The number of aliphatic hydroxyl groups is 11. The number of unbranched alkanes of at least 4 members (excludes halogenated alkanes) is 4. The maximum absolute atomic E-state index is 13.3. The maximum atomic E-state index is 13.3. The Balaban J connectivity index is 1.53. The molecule has 1 amide bonds. The van der Waals surface area contributed by atoms with E-state index in [9.17, 15) is 61.0 Å². The first kappa shape index (κ1) is 69.5. The summed E-state index contributed by atoms with van der Waals surface area (Å²) < 4.78 is 34.1. The Bertz CT molecular complexity index is 1910. The summed E-state index contributed by atoms with van der Waals surface area (Å²) in [5, 5.41) is 120. The number of ether oxygens (including phenoxy) is 6. The van der Waals surface area contributed by atoms with Crippen molar-refractivity contribution >= 4 is 5.91 Å². The molecule has 3 saturated heterocycles. The first-order valence-electron chi connectivity index (χ1n) is 28.3. The van der Waals surface area contributed by atoms with Gasteiger partial charge in [0.15, 0.2) is 18.9 Å². The van der Waals surface area contributed by atoms with Crippen molar-refractivity contribution in [3.63, 3.8) is 0 Å². The molecule has 0 aromatic carbocycles. The quantitative estimate of drug-likeness (QED) is 0.0305. The molecule has 0 saturated carbocycles. The Morgan fingerprint density at radius 1 is 0.468 bits per heavy atom. The molecule has 0 aromatic rings. The Morgan fingerprint density at radius 2 is 0.861 bits per heavy atom. The van der Waals surface area contributed by atoms with Crippen molar-refractivity contribution < 1.29 is 89.4 Å². The minimum atomic E-state index is -1.99. The summed E-state index contributed by atoms with van der Waals surface area (Å²) in [6.07, 6.45) is 27.8. The van der Waals surface area contributed by atoms with Crippen molar-refractivity contribution in [2.24, 2.45) is 0 Å². The van der Waals surface area contributed by atoms with Gasteiger partial charge < -0.3 is 89.9 Å². The fraction of sp³-hybridized carbons (Fsp3) is 0.650. The molecule has 3 fully saturated rings. The molecule has 19 nitrogen and oxygen atoms in total. The predicted molar refractivity (Wildman–Crippen MR) is 300 cm³/mol. The SMILES string of the molecule is CC/C=C\C/C=C\C/C=C\C/C=C\C/C=C\C/C=C\C/C=C\CCCC(=O)NC(COC1OC(CO)C(OC2OC(CO)C(OC3OC(CO)C(O)C(O)C3O)C(O)C2O)C(O)C1O)C(O)/C=C/CC/C=C/CC/C=C/CCC. The summed E-state index contributed by atoms with van der Waals surface area (Å²) in [5.74, 6) is -0.357. The highest BCUT2D eigenvalue weighted by Crippen LogP contribution is 2.33. The Kier molecular flexibility index (Phi) is 37.0. The number of rotatable bonds is 38. The van der Waals surface area contributed by atoms with E-state index in [0.717, 1.165) is 77.0 Å². The van der Waals surface area contributed by atoms with Crippen LogP contribution < -0.4 is 5.32 Å². The Labute approximate surface area is 467 Å². The average molecular weight is 1120 g/mol. The summed E-state index contributed by atoms with van der Waals surface area (Å²) >= 11 is 0. The largest absolute Gasteiger partial charge is 0.394 e. The van der Waals surface area contributed by atoms with E-state index >= 15 is 0 Å². The van der Waals surface area contributed by atoms with Gasteiger partial charge >= 0.3 is 0 Å². The van der Waals surface area contributed by atoms with Crippen molar-refractivity contribution in [3.8, 4) is 0 Å². The highest BCUT2D eigenvalue weighted by atomic mass is 16.8. The molecule has 0 radical (unpaired) electrons. The fourth-order valence-electron chi connectivity index (χ4n) is 8.57. The zero-order valence-corrected chi connectivity index (χ0v) is 46.3. The van der Waals surface area contributed by atoms with Crippen molar-refractivity contribution in [1.29, 1.82) is 0 Å². The number of nitrogens with one attached hydrogen (secondary N) is 1. The molecule has 448 valence electrons. The Morgan fingerprint density at radius 3 is 1.33 bits per heavy atom. The van der Waals surface area contributed by atoms with Crippen LogP contribution >= 0.6 is 0 Å². The van der Waals surface area contributed by atoms with Crippen molar-refractivity contribution in [3.05, 3.63) is 122 Å². The van der Waals surface area contributed by atoms with Gasteiger partial charge in [-0.3, -0.25) is 4.79 Å². The summed E-state index contributed by atoms with van der Waals surface area (Å²) in [6, 6.07) is -1.03. The monoisotopic (exact) mass is 1120 g/mol. The second-order valence-corrected chi connectivity index (χ2v) is 19.6. The predicted octanol–water partition coefficient (Wildman–Crippen LogP) is 4.14. The van der Waals surface area contributed by atoms with E-state index in [1.165, 1.54) is 0 Å². The van der Waals surface area contributed by atoms with Gasteiger partial charge in [0.1, 0.15) is 73.2 Å². The van der Waals surface area contributed by atoms with E-state index < -0.39 is 131 Å². The number of hydrogen-bond donors (Lipinski definition) is 12. The van der Waals surface area contributed by atoms with Gasteiger partial charge in [0.2, 0.25) is 5.91 Å². The van der Waals surface area contributed by atoms with E-state index in [0.29, 0.717) is 19.3 Å². The number of carbonyl (C=O) groups is 1. The van der Waals surface area contributed by atoms with Crippen LogP contribution in [0.4, 0.5) is 0 Å². The summed E-state index contributed by atoms with van der Waals surface area (Å²) in [4.78, 5) is 13.3. The second-order valence-electron chi connectivity index (χ2n) is 19.6. The van der Waals surface area contributed by atoms with Crippen molar-refractivity contribution in [2.45, 2.75) is 221 Å². The standard InChI is InChI=1S/C60H95NO18/c1-3-5-7-9-11-13-15-16-17-18-19-20-21-22-23-24-25-26-28-30-32-34-36-38-48(66)61-43(44(65)37-35-33-31-29-27-14-12-10-8-6-4-2)42-74-58-54(72)51(69)56(46(40-63)76-58)79-60-55(73)52(70)57(47(41-64)77-60)78-59-53(71)50(68)49(67)45(39-62)75-59/h5,7-8,10-11,13,16-17,19-20,22-23,25-27,29-30,32,35,37,43-47,49-60,62-65,67-73H,3-4,6,9,12,14-15,18,21,24,28,31,33-34,36,38-42H2,1-2H3,(H,61,66)/b7-5-,10-8+,13-11-,17-16-,20-19-,23-22-,26-25-,29-27+,32-30-,37-35+. The van der Waals surface area contributed by atoms with Gasteiger partial charge in [0, 0.05) is 6.42 Å². The molecule has 17 unspecified atom stereocenters. The molecule has 0 bridgehead atoms. The fourth-order valence-corrected chi connectivity index (χ4v) is 8.57. The van der Waals surface area contributed by atoms with Crippen LogP contribution in [0, 0.1) is 0 Å². The van der Waals surface area contributed by atoms with Gasteiger partial charge in [-0.2, -0.15) is 0 Å². The van der Waals surface area contributed by atoms with E-state index in [-0.39, 0.29) is 12.3 Å². The van der Waals surface area contributed by atoms with Gasteiger partial charge in [-0.05, 0) is 89.9 Å². The topological polar surface area (TPSA) is 307 Å². The van der Waals surface area contributed by atoms with Gasteiger partial charge in [0.05, 0.1) is 38.6 Å². The molecule has 0 spiro atoms. The zero-order chi connectivity index (χ0) is 57.6. The van der Waals surface area contributed by atoms with Crippen molar-refractivity contribution in [2.75, 3.05) is 26.4 Å². The van der Waals surface area contributed by atoms with E-state index in [4.69, 9.17) is 28.4 Å². The number of aliphatic hydroxyl groups excluding tert-OH is 11. The third-order valence-electron chi connectivity index (χ3n) is 13.2. The highest BCUT2D eigenvalue weighted by Gasteiger charge is 2.53. The second kappa shape index (κ2) is 42.1. The maximum Gasteiger partial charge on any atom is 0.220 e. The van der Waals surface area contributed by atoms with Crippen LogP contribution in [0.5, 0.6) is 0 Å². The van der Waals surface area contributed by atoms with Crippen LogP contribution in [0.1, 0.15) is 117 Å². The van der Waals surface area contributed by atoms with Gasteiger partial charge in [-0.15, -0.1) is 0 Å². The molecular formula is C60H95NO18. The van der Waals surface area contributed by atoms with Crippen molar-refractivity contribution in [1.82, 2.24) is 5.32 Å². The van der Waals surface area contributed by atoms with Crippen LogP contribution in [-0.4, -0.2) is 193 Å². The lowest BCUT2D eigenvalue weighted by molar-refractivity contribution is -0.379. The summed E-state index contributed by atoms with van der Waals surface area (Å²) in [7, 11) is 0. The molecule has 0 aromatic heterocycles. The van der Waals surface area contributed by atoms with Gasteiger partial charge in [0.25, 0.3) is 0 Å². The molecule has 79 heavy (non-hydrogen) atoms. The number of hydrogen-bond acceptors (Lipinski definition) is 18. The molecule has 3 aliphatic heterocycles. The molecule has 0 aliphatic carbocycles. The van der Waals surface area contributed by atoms with Crippen LogP contribution in [-0.2, 0) is 33.2 Å². The lowest BCUT2D eigenvalue weighted by atomic mass is 9.96. The summed E-state index contributed by atoms with van der Waals surface area (Å²) in [6.45, 7) is 1.40. The number of amides is 1. The molecule has 3 heterocycles. The lowest BCUT2D eigenvalue weighted by Crippen LogP contribution is -2.66. The molecule has 17 atom stereocenters. The van der Waals surface area contributed by atoms with Crippen LogP contribution in [0.15, 0.2) is 122 Å². The first-order valence-corrected chi connectivity index (χ1v) is 28.3. The molecule has 12 N–H and O–H groups in total. The average Bonchev–Trinajstić information content (AvgIpc) is 3.49. The Hall–Kier alpha value is -3.81. The third kappa shape index (κ3) is 26.3. The zero-order valence-electron chi connectivity index (χ0n) is 46.3. The molecule has 3 rings (SSSR count). The molecule has 19 heteroatoms. The third-order valence-corrected chi connectivity index (χ3v) is 13.2. The van der Waals surface area contributed by atoms with Gasteiger partial charge in [-0.25, -0.2) is 0 Å². The molecule has 3 aliphatic rings. The van der Waals surface area contributed by atoms with E-state index in [1.54, 1.807) is 12.2 Å². The van der Waals surface area contributed by atoms with Crippen LogP contribution in [0.2, 0.25) is 0 Å². The minimum Gasteiger partial charge on any atom is -0.394 e. The van der Waals surface area contributed by atoms with E-state index in [1.807, 2.05) is 12.2 Å². The summed E-state index contributed by atoms with van der Waals surface area (Å²) in [5.41, 5.74) is 0.